The van der Waals surface area contributed by atoms with Crippen molar-refractivity contribution in [1.29, 1.82) is 0 Å². The van der Waals surface area contributed by atoms with E-state index in [-0.39, 0.29) is 18.6 Å². The third kappa shape index (κ3) is 3.27. The monoisotopic (exact) mass is 292 g/mol. The number of aromatic nitrogens is 2. The van der Waals surface area contributed by atoms with E-state index in [9.17, 15) is 9.90 Å². The quantitative estimate of drug-likeness (QED) is 0.828. The summed E-state index contributed by atoms with van der Waals surface area (Å²) in [6.45, 7) is 3.51. The van der Waals surface area contributed by atoms with Crippen LogP contribution in [0.3, 0.4) is 0 Å². The number of carbonyl (C=O) groups excluding carboxylic acids is 1. The Kier molecular flexibility index (Phi) is 4.26. The maximum absolute atomic E-state index is 12.2. The second-order valence-corrected chi connectivity index (χ2v) is 6.24. The van der Waals surface area contributed by atoms with E-state index in [1.54, 1.807) is 6.20 Å². The average Bonchev–Trinajstić information content (AvgIpc) is 3.07. The molecule has 0 aromatic carbocycles. The first-order valence-corrected chi connectivity index (χ1v) is 7.87. The highest BCUT2D eigenvalue weighted by molar-refractivity contribution is 5.91. The third-order valence-corrected chi connectivity index (χ3v) is 4.68. The van der Waals surface area contributed by atoms with Crippen molar-refractivity contribution < 1.29 is 9.90 Å². The summed E-state index contributed by atoms with van der Waals surface area (Å²) in [7, 11) is 0. The van der Waals surface area contributed by atoms with Crippen molar-refractivity contribution in [2.75, 3.05) is 25.0 Å². The molecule has 2 heterocycles. The molecule has 0 radical (unpaired) electrons. The van der Waals surface area contributed by atoms with Gasteiger partial charge in [-0.2, -0.15) is 5.10 Å². The van der Waals surface area contributed by atoms with Crippen molar-refractivity contribution in [2.24, 2.45) is 5.92 Å². The molecule has 0 spiro atoms. The van der Waals surface area contributed by atoms with Crippen LogP contribution in [0.1, 0.15) is 38.6 Å². The summed E-state index contributed by atoms with van der Waals surface area (Å²) in [6.07, 6.45) is 6.26. The van der Waals surface area contributed by atoms with E-state index in [2.05, 4.69) is 22.2 Å². The molecule has 2 atom stereocenters. The van der Waals surface area contributed by atoms with Crippen LogP contribution in [0, 0.1) is 5.92 Å². The highest BCUT2D eigenvalue weighted by atomic mass is 16.3. The maximum Gasteiger partial charge on any atom is 0.239 e. The first kappa shape index (κ1) is 14.5. The summed E-state index contributed by atoms with van der Waals surface area (Å²) >= 11 is 0. The van der Waals surface area contributed by atoms with Gasteiger partial charge in [-0.05, 0) is 45.1 Å². The Bertz CT molecular complexity index is 498. The lowest BCUT2D eigenvalue weighted by atomic mass is 10.2. The lowest BCUT2D eigenvalue weighted by Crippen LogP contribution is -2.38. The van der Waals surface area contributed by atoms with Crippen LogP contribution < -0.4 is 5.32 Å². The van der Waals surface area contributed by atoms with Gasteiger partial charge in [0.1, 0.15) is 5.82 Å². The summed E-state index contributed by atoms with van der Waals surface area (Å²) < 4.78 is 1.92. The van der Waals surface area contributed by atoms with Crippen molar-refractivity contribution in [1.82, 2.24) is 14.7 Å². The largest absolute Gasteiger partial charge is 0.395 e. The van der Waals surface area contributed by atoms with E-state index in [1.165, 1.54) is 12.8 Å². The lowest BCUT2D eigenvalue weighted by molar-refractivity contribution is -0.117. The van der Waals surface area contributed by atoms with Crippen LogP contribution >= 0.6 is 0 Å². The van der Waals surface area contributed by atoms with Gasteiger partial charge in [-0.25, -0.2) is 4.68 Å². The molecular weight excluding hydrogens is 268 g/mol. The predicted molar refractivity (Wildman–Crippen MR) is 80.0 cm³/mol. The first-order chi connectivity index (χ1) is 10.2. The molecule has 0 bridgehead atoms. The molecule has 1 aromatic heterocycles. The molecule has 2 aliphatic rings. The van der Waals surface area contributed by atoms with Gasteiger partial charge in [-0.1, -0.05) is 0 Å². The second-order valence-electron chi connectivity index (χ2n) is 6.24. The zero-order valence-corrected chi connectivity index (χ0v) is 12.5. The normalized spacial score (nSPS) is 24.2. The summed E-state index contributed by atoms with van der Waals surface area (Å²) in [4.78, 5) is 14.3. The number of hydrogen-bond acceptors (Lipinski definition) is 4. The Labute approximate surface area is 125 Å². The van der Waals surface area contributed by atoms with E-state index in [0.717, 1.165) is 25.2 Å². The van der Waals surface area contributed by atoms with Crippen molar-refractivity contribution in [3.63, 3.8) is 0 Å². The Morgan fingerprint density at radius 2 is 2.33 bits per heavy atom. The van der Waals surface area contributed by atoms with Gasteiger partial charge < -0.3 is 10.4 Å². The van der Waals surface area contributed by atoms with Crippen LogP contribution in [0.5, 0.6) is 0 Å². The Hall–Kier alpha value is -1.40. The van der Waals surface area contributed by atoms with E-state index in [1.807, 2.05) is 10.7 Å². The van der Waals surface area contributed by atoms with Gasteiger partial charge in [0.25, 0.3) is 0 Å². The van der Waals surface area contributed by atoms with Crippen molar-refractivity contribution >= 4 is 11.7 Å². The Morgan fingerprint density at radius 1 is 1.52 bits per heavy atom. The second kappa shape index (κ2) is 6.15. The minimum absolute atomic E-state index is 0.0277. The van der Waals surface area contributed by atoms with Gasteiger partial charge in [-0.3, -0.25) is 9.69 Å². The molecule has 1 saturated carbocycles. The number of rotatable bonds is 6. The molecule has 1 aliphatic heterocycles. The molecule has 116 valence electrons. The molecule has 1 aliphatic carbocycles. The molecule has 6 heteroatoms. The molecule has 1 aromatic rings. The molecule has 2 N–H and O–H groups in total. The van der Waals surface area contributed by atoms with Gasteiger partial charge in [-0.15, -0.1) is 0 Å². The van der Waals surface area contributed by atoms with Crippen LogP contribution in [0.4, 0.5) is 5.82 Å². The van der Waals surface area contributed by atoms with Gasteiger partial charge in [0.2, 0.25) is 5.91 Å². The number of nitrogens with zero attached hydrogens (tertiary/aromatic N) is 3. The minimum atomic E-state index is -0.0277. The average molecular weight is 292 g/mol. The summed E-state index contributed by atoms with van der Waals surface area (Å²) in [5.74, 6) is 1.44. The van der Waals surface area contributed by atoms with Gasteiger partial charge in [0.15, 0.2) is 0 Å². The number of nitrogens with one attached hydrogen (secondary N) is 1. The minimum Gasteiger partial charge on any atom is -0.395 e. The van der Waals surface area contributed by atoms with Crippen LogP contribution in [0.15, 0.2) is 12.3 Å². The SMILES string of the molecule is CC(C1CC1)n1nccc1NC(=O)CN1CCCC1CO. The zero-order valence-electron chi connectivity index (χ0n) is 12.5. The fourth-order valence-corrected chi connectivity index (χ4v) is 3.19. The molecule has 2 unspecified atom stereocenters. The fourth-order valence-electron chi connectivity index (χ4n) is 3.19. The number of aliphatic hydroxyl groups is 1. The molecule has 2 fully saturated rings. The van der Waals surface area contributed by atoms with E-state index < -0.39 is 0 Å². The van der Waals surface area contributed by atoms with Crippen molar-refractivity contribution in [2.45, 2.75) is 44.7 Å². The van der Waals surface area contributed by atoms with Crippen molar-refractivity contribution in [3.8, 4) is 0 Å². The number of hydrogen-bond donors (Lipinski definition) is 2. The Morgan fingerprint density at radius 3 is 3.05 bits per heavy atom. The van der Waals surface area contributed by atoms with Gasteiger partial charge >= 0.3 is 0 Å². The number of likely N-dealkylation sites (tertiary alicyclic amines) is 1. The Balaban J connectivity index is 1.58. The smallest absolute Gasteiger partial charge is 0.239 e. The van der Waals surface area contributed by atoms with Crippen LogP contribution in [0.2, 0.25) is 0 Å². The van der Waals surface area contributed by atoms with Crippen molar-refractivity contribution in [3.05, 3.63) is 12.3 Å². The van der Waals surface area contributed by atoms with Crippen LogP contribution in [-0.4, -0.2) is 51.4 Å². The van der Waals surface area contributed by atoms with Crippen LogP contribution in [-0.2, 0) is 4.79 Å². The summed E-state index contributed by atoms with van der Waals surface area (Å²) in [6, 6.07) is 2.32. The van der Waals surface area contributed by atoms with Gasteiger partial charge in [0, 0.05) is 12.1 Å². The molecule has 1 amide bonds. The molecule has 6 nitrogen and oxygen atoms in total. The molecular formula is C15H24N4O2. The first-order valence-electron chi connectivity index (χ1n) is 7.87. The van der Waals surface area contributed by atoms with E-state index >= 15 is 0 Å². The molecule has 3 rings (SSSR count). The van der Waals surface area contributed by atoms with Gasteiger partial charge in [0.05, 0.1) is 25.4 Å². The fraction of sp³-hybridized carbons (Fsp3) is 0.733. The number of amides is 1. The third-order valence-electron chi connectivity index (χ3n) is 4.68. The number of anilines is 1. The summed E-state index contributed by atoms with van der Waals surface area (Å²) in [5.41, 5.74) is 0. The number of aliphatic hydroxyl groups excluding tert-OH is 1. The highest BCUT2D eigenvalue weighted by Gasteiger charge is 2.31. The summed E-state index contributed by atoms with van der Waals surface area (Å²) in [5, 5.41) is 16.6. The zero-order chi connectivity index (χ0) is 14.8. The van der Waals surface area contributed by atoms with E-state index in [4.69, 9.17) is 0 Å². The number of carbonyl (C=O) groups is 1. The molecule has 21 heavy (non-hydrogen) atoms. The topological polar surface area (TPSA) is 70.4 Å². The van der Waals surface area contributed by atoms with E-state index in [0.29, 0.717) is 18.5 Å². The molecule has 1 saturated heterocycles. The lowest BCUT2D eigenvalue weighted by Gasteiger charge is -2.22. The highest BCUT2D eigenvalue weighted by Crippen LogP contribution is 2.40. The van der Waals surface area contributed by atoms with Crippen LogP contribution in [0.25, 0.3) is 0 Å². The maximum atomic E-state index is 12.2. The standard InChI is InChI=1S/C15H24N4O2/c1-11(12-4-5-12)19-14(6-7-16-19)17-15(21)9-18-8-2-3-13(18)10-20/h6-7,11-13,20H,2-5,8-10H2,1H3,(H,17,21). The predicted octanol–water partition coefficient (Wildman–Crippen LogP) is 1.25.